The van der Waals surface area contributed by atoms with Crippen molar-refractivity contribution in [3.63, 3.8) is 0 Å². The molecule has 0 aliphatic carbocycles. The van der Waals surface area contributed by atoms with Crippen LogP contribution >= 0.6 is 0 Å². The molecule has 18 heavy (non-hydrogen) atoms. The number of aryl methyl sites for hydroxylation is 1. The Morgan fingerprint density at radius 1 is 1.50 bits per heavy atom. The fourth-order valence-electron chi connectivity index (χ4n) is 2.98. The third-order valence-electron chi connectivity index (χ3n) is 3.88. The molecule has 0 spiro atoms. The molecule has 1 unspecified atom stereocenters. The van der Waals surface area contributed by atoms with E-state index >= 15 is 0 Å². The molecule has 98 valence electrons. The minimum Gasteiger partial charge on any atom is -0.374 e. The fraction of sp³-hybridized carbons (Fsp3) is 0.643. The van der Waals surface area contributed by atoms with Crippen LogP contribution < -0.4 is 5.32 Å². The standard InChI is InChI=1S/C14H21N3O/c1-11-3-2-4-12(16-11)10-17-7-8-18-14-9-15-6-5-13(14)17/h2-4,13-15H,5-10H2,1H3/t13-,14?/m1/s1. The molecule has 2 aliphatic heterocycles. The lowest BCUT2D eigenvalue weighted by Crippen LogP contribution is -2.58. The highest BCUT2D eigenvalue weighted by Crippen LogP contribution is 2.21. The van der Waals surface area contributed by atoms with Crippen molar-refractivity contribution in [1.29, 1.82) is 0 Å². The predicted molar refractivity (Wildman–Crippen MR) is 70.4 cm³/mol. The summed E-state index contributed by atoms with van der Waals surface area (Å²) < 4.78 is 5.85. The van der Waals surface area contributed by atoms with E-state index < -0.39 is 0 Å². The monoisotopic (exact) mass is 247 g/mol. The molecule has 4 nitrogen and oxygen atoms in total. The molecule has 1 aromatic heterocycles. The number of aromatic nitrogens is 1. The second kappa shape index (κ2) is 5.34. The van der Waals surface area contributed by atoms with Crippen molar-refractivity contribution in [3.05, 3.63) is 29.6 Å². The molecule has 2 aliphatic rings. The summed E-state index contributed by atoms with van der Waals surface area (Å²) in [7, 11) is 0. The molecule has 0 aromatic carbocycles. The van der Waals surface area contributed by atoms with Gasteiger partial charge in [0.2, 0.25) is 0 Å². The Balaban J connectivity index is 1.71. The van der Waals surface area contributed by atoms with Crippen LogP contribution in [0.5, 0.6) is 0 Å². The maximum absolute atomic E-state index is 5.85. The molecule has 2 saturated heterocycles. The van der Waals surface area contributed by atoms with Crippen LogP contribution in [0.25, 0.3) is 0 Å². The molecule has 3 rings (SSSR count). The second-order valence-corrected chi connectivity index (χ2v) is 5.21. The molecule has 1 aromatic rings. The van der Waals surface area contributed by atoms with Crippen LogP contribution in [0.2, 0.25) is 0 Å². The zero-order valence-corrected chi connectivity index (χ0v) is 10.9. The number of fused-ring (bicyclic) bond motifs is 1. The van der Waals surface area contributed by atoms with E-state index in [-0.39, 0.29) is 0 Å². The van der Waals surface area contributed by atoms with E-state index in [1.54, 1.807) is 0 Å². The third-order valence-corrected chi connectivity index (χ3v) is 3.88. The Bertz CT molecular complexity index is 408. The van der Waals surface area contributed by atoms with Gasteiger partial charge in [-0.15, -0.1) is 0 Å². The zero-order chi connectivity index (χ0) is 12.4. The summed E-state index contributed by atoms with van der Waals surface area (Å²) in [6.07, 6.45) is 1.54. The molecule has 1 N–H and O–H groups in total. The lowest BCUT2D eigenvalue weighted by atomic mass is 9.99. The summed E-state index contributed by atoms with van der Waals surface area (Å²) in [5.41, 5.74) is 2.27. The van der Waals surface area contributed by atoms with Crippen molar-refractivity contribution in [1.82, 2.24) is 15.2 Å². The minimum atomic E-state index is 0.359. The molecule has 2 atom stereocenters. The van der Waals surface area contributed by atoms with Gasteiger partial charge >= 0.3 is 0 Å². The van der Waals surface area contributed by atoms with Crippen molar-refractivity contribution in [2.24, 2.45) is 0 Å². The molecule has 0 amide bonds. The number of pyridine rings is 1. The van der Waals surface area contributed by atoms with Gasteiger partial charge in [0.25, 0.3) is 0 Å². The van der Waals surface area contributed by atoms with E-state index in [1.165, 1.54) is 12.1 Å². The highest BCUT2D eigenvalue weighted by atomic mass is 16.5. The Morgan fingerprint density at radius 3 is 3.33 bits per heavy atom. The summed E-state index contributed by atoms with van der Waals surface area (Å²) in [4.78, 5) is 7.15. The Hall–Kier alpha value is -0.970. The first-order valence-corrected chi connectivity index (χ1v) is 6.82. The fourth-order valence-corrected chi connectivity index (χ4v) is 2.98. The van der Waals surface area contributed by atoms with Gasteiger partial charge in [-0.05, 0) is 32.0 Å². The first-order valence-electron chi connectivity index (χ1n) is 6.82. The normalized spacial score (nSPS) is 28.9. The molecule has 2 fully saturated rings. The maximum atomic E-state index is 5.85. The van der Waals surface area contributed by atoms with Crippen LogP contribution in [0, 0.1) is 6.92 Å². The van der Waals surface area contributed by atoms with Gasteiger partial charge < -0.3 is 10.1 Å². The third kappa shape index (κ3) is 2.55. The van der Waals surface area contributed by atoms with E-state index in [2.05, 4.69) is 40.3 Å². The molecule has 3 heterocycles. The first kappa shape index (κ1) is 12.1. The van der Waals surface area contributed by atoms with Crippen LogP contribution in [-0.4, -0.2) is 48.3 Å². The van der Waals surface area contributed by atoms with Gasteiger partial charge in [0, 0.05) is 31.4 Å². The Labute approximate surface area is 108 Å². The largest absolute Gasteiger partial charge is 0.374 e. The zero-order valence-electron chi connectivity index (χ0n) is 10.9. The highest BCUT2D eigenvalue weighted by Gasteiger charge is 2.34. The van der Waals surface area contributed by atoms with Gasteiger partial charge in [-0.1, -0.05) is 6.07 Å². The van der Waals surface area contributed by atoms with Crippen molar-refractivity contribution in [3.8, 4) is 0 Å². The van der Waals surface area contributed by atoms with Gasteiger partial charge in [-0.2, -0.15) is 0 Å². The number of rotatable bonds is 2. The number of hydrogen-bond acceptors (Lipinski definition) is 4. The Morgan fingerprint density at radius 2 is 2.44 bits per heavy atom. The van der Waals surface area contributed by atoms with Gasteiger partial charge in [0.1, 0.15) is 0 Å². The number of nitrogens with one attached hydrogen (secondary N) is 1. The van der Waals surface area contributed by atoms with Gasteiger partial charge in [0.05, 0.1) is 18.4 Å². The molecular weight excluding hydrogens is 226 g/mol. The maximum Gasteiger partial charge on any atom is 0.0855 e. The second-order valence-electron chi connectivity index (χ2n) is 5.21. The highest BCUT2D eigenvalue weighted by molar-refractivity contribution is 5.10. The lowest BCUT2D eigenvalue weighted by Gasteiger charge is -2.43. The van der Waals surface area contributed by atoms with Crippen LogP contribution in [0.15, 0.2) is 18.2 Å². The van der Waals surface area contributed by atoms with Crippen molar-refractivity contribution in [2.75, 3.05) is 26.2 Å². The van der Waals surface area contributed by atoms with E-state index in [4.69, 9.17) is 4.74 Å². The van der Waals surface area contributed by atoms with Crippen molar-refractivity contribution >= 4 is 0 Å². The molecular formula is C14H21N3O. The SMILES string of the molecule is Cc1cccc(CN2CCOC3CNCC[C@H]32)n1. The van der Waals surface area contributed by atoms with Crippen LogP contribution in [0.1, 0.15) is 17.8 Å². The van der Waals surface area contributed by atoms with Gasteiger partial charge in [-0.3, -0.25) is 9.88 Å². The smallest absolute Gasteiger partial charge is 0.0855 e. The molecule has 0 radical (unpaired) electrons. The van der Waals surface area contributed by atoms with E-state index in [9.17, 15) is 0 Å². The predicted octanol–water partition coefficient (Wildman–Crippen LogP) is 0.953. The Kier molecular flexibility index (Phi) is 3.59. The lowest BCUT2D eigenvalue weighted by molar-refractivity contribution is -0.0846. The average molecular weight is 247 g/mol. The summed E-state index contributed by atoms with van der Waals surface area (Å²) in [5.74, 6) is 0. The van der Waals surface area contributed by atoms with Gasteiger partial charge in [0.15, 0.2) is 0 Å². The van der Waals surface area contributed by atoms with Crippen LogP contribution in [0.4, 0.5) is 0 Å². The topological polar surface area (TPSA) is 37.4 Å². The van der Waals surface area contributed by atoms with E-state index in [0.717, 1.165) is 38.5 Å². The summed E-state index contributed by atoms with van der Waals surface area (Å²) in [6.45, 7) is 6.96. The molecule has 0 bridgehead atoms. The number of nitrogens with zero attached hydrogens (tertiary/aromatic N) is 2. The summed E-state index contributed by atoms with van der Waals surface area (Å²) in [6, 6.07) is 6.83. The van der Waals surface area contributed by atoms with E-state index in [1.807, 2.05) is 0 Å². The molecule has 0 saturated carbocycles. The first-order chi connectivity index (χ1) is 8.83. The number of morpholine rings is 1. The quantitative estimate of drug-likeness (QED) is 0.844. The summed E-state index contributed by atoms with van der Waals surface area (Å²) >= 11 is 0. The summed E-state index contributed by atoms with van der Waals surface area (Å²) in [5, 5.41) is 3.41. The average Bonchev–Trinajstić information content (AvgIpc) is 2.39. The number of ether oxygens (including phenoxy) is 1. The van der Waals surface area contributed by atoms with Gasteiger partial charge in [-0.25, -0.2) is 0 Å². The number of hydrogen-bond donors (Lipinski definition) is 1. The van der Waals surface area contributed by atoms with Crippen molar-refractivity contribution in [2.45, 2.75) is 32.0 Å². The van der Waals surface area contributed by atoms with E-state index in [0.29, 0.717) is 12.1 Å². The number of piperidine rings is 1. The molecule has 4 heteroatoms. The van der Waals surface area contributed by atoms with Crippen LogP contribution in [0.3, 0.4) is 0 Å². The van der Waals surface area contributed by atoms with Crippen LogP contribution in [-0.2, 0) is 11.3 Å². The van der Waals surface area contributed by atoms with Crippen molar-refractivity contribution < 1.29 is 4.74 Å². The minimum absolute atomic E-state index is 0.359.